The number of carbonyl (C=O) groups excluding carboxylic acids is 1. The smallest absolute Gasteiger partial charge is 0.305 e. The summed E-state index contributed by atoms with van der Waals surface area (Å²) in [6, 6.07) is 0. The van der Waals surface area contributed by atoms with Crippen LogP contribution in [0.4, 0.5) is 0 Å². The molecule has 9 nitrogen and oxygen atoms in total. The maximum absolute atomic E-state index is 12.3. The van der Waals surface area contributed by atoms with E-state index in [4.69, 9.17) is 29.2 Å². The molecule has 0 unspecified atom stereocenters. The van der Waals surface area contributed by atoms with Gasteiger partial charge >= 0.3 is 5.97 Å². The van der Waals surface area contributed by atoms with E-state index < -0.39 is 6.29 Å². The van der Waals surface area contributed by atoms with Gasteiger partial charge in [-0.3, -0.25) is 4.79 Å². The highest BCUT2D eigenvalue weighted by Crippen LogP contribution is 2.46. The van der Waals surface area contributed by atoms with E-state index in [0.29, 0.717) is 31.4 Å². The number of rotatable bonds is 8. The Morgan fingerprint density at radius 3 is 2.31 bits per heavy atom. The number of ether oxygens (including phenoxy) is 3. The first-order valence-electron chi connectivity index (χ1n) is 15.7. The topological polar surface area (TPSA) is 114 Å². The number of methoxy groups -OCH3 is 3. The van der Waals surface area contributed by atoms with Crippen LogP contribution in [-0.2, 0) is 19.0 Å². The van der Waals surface area contributed by atoms with Crippen LogP contribution in [0, 0.1) is 11.8 Å². The number of carbonyl (C=O) groups is 1. The predicted octanol–water partition coefficient (Wildman–Crippen LogP) is 6.62. The van der Waals surface area contributed by atoms with Gasteiger partial charge in [0.15, 0.2) is 6.29 Å². The van der Waals surface area contributed by atoms with Gasteiger partial charge in [-0.15, -0.1) is 0 Å². The van der Waals surface area contributed by atoms with E-state index in [1.807, 2.05) is 13.0 Å². The van der Waals surface area contributed by atoms with E-state index in [1.54, 1.807) is 14.2 Å². The number of aliphatic hydroxyl groups excluding tert-OH is 1. The second-order valence-electron chi connectivity index (χ2n) is 12.3. The van der Waals surface area contributed by atoms with Crippen LogP contribution in [-0.4, -0.2) is 55.8 Å². The molecular weight excluding hydrogens is 568 g/mol. The predicted molar refractivity (Wildman–Crippen MR) is 176 cm³/mol. The molecule has 9 heteroatoms. The number of aliphatic hydroxyl groups is 1. The van der Waals surface area contributed by atoms with E-state index in [1.165, 1.54) is 7.11 Å². The Bertz CT molecular complexity index is 1730. The lowest BCUT2D eigenvalue weighted by Gasteiger charge is -2.17. The van der Waals surface area contributed by atoms with Gasteiger partial charge in [0.1, 0.15) is 5.76 Å². The third kappa shape index (κ3) is 5.21. The van der Waals surface area contributed by atoms with Gasteiger partial charge in [0.05, 0.1) is 41.3 Å². The van der Waals surface area contributed by atoms with Crippen LogP contribution in [0.25, 0.3) is 0 Å². The Morgan fingerprint density at radius 1 is 0.978 bits per heavy atom. The van der Waals surface area contributed by atoms with Crippen molar-refractivity contribution in [3.8, 4) is 0 Å². The fourth-order valence-electron chi connectivity index (χ4n) is 7.22. The molecule has 236 valence electrons. The highest BCUT2D eigenvalue weighted by molar-refractivity contribution is 6.21. The Balaban J connectivity index is 1.58. The van der Waals surface area contributed by atoms with Gasteiger partial charge in [-0.2, -0.15) is 0 Å². The van der Waals surface area contributed by atoms with Gasteiger partial charge in [0.25, 0.3) is 0 Å². The van der Waals surface area contributed by atoms with Crippen LogP contribution < -0.4 is 5.32 Å². The monoisotopic (exact) mass is 610 g/mol. The SMILES string of the molecule is CCC1=C(C)C2=NC1=CC1=C(C)C3=C(O)CC(=C4NC(=CC5=NC(=C2)C(CC(OC)OC)=C5C)[C@@H](C)[C@@H]4CCC(=O)OC)C3=N1. The summed E-state index contributed by atoms with van der Waals surface area (Å²) in [6.07, 6.45) is 8.47. The molecule has 6 aliphatic rings. The molecule has 8 bridgehead atoms. The molecule has 2 N–H and O–H groups in total. The van der Waals surface area contributed by atoms with Gasteiger partial charge in [-0.1, -0.05) is 13.8 Å². The fraction of sp³-hybridized carbons (Fsp3) is 0.444. The normalized spacial score (nSPS) is 24.0. The number of aliphatic imine (C=N–C) groups is 3. The second-order valence-corrected chi connectivity index (χ2v) is 12.3. The molecular formula is C36H42N4O5. The van der Waals surface area contributed by atoms with E-state index >= 15 is 0 Å². The van der Waals surface area contributed by atoms with Gasteiger partial charge in [-0.25, -0.2) is 15.0 Å². The van der Waals surface area contributed by atoms with Crippen molar-refractivity contribution >= 4 is 23.1 Å². The van der Waals surface area contributed by atoms with Crippen molar-refractivity contribution in [3.63, 3.8) is 0 Å². The quantitative estimate of drug-likeness (QED) is 0.236. The van der Waals surface area contributed by atoms with Crippen LogP contribution in [0.3, 0.4) is 0 Å². The molecule has 2 atom stereocenters. The van der Waals surface area contributed by atoms with Crippen LogP contribution >= 0.6 is 0 Å². The van der Waals surface area contributed by atoms with E-state index in [-0.39, 0.29) is 17.8 Å². The lowest BCUT2D eigenvalue weighted by atomic mass is 9.86. The zero-order valence-electron chi connectivity index (χ0n) is 27.4. The third-order valence-electron chi connectivity index (χ3n) is 9.97. The number of hydrogen-bond acceptors (Lipinski definition) is 9. The first-order chi connectivity index (χ1) is 21.6. The van der Waals surface area contributed by atoms with Crippen molar-refractivity contribution in [2.75, 3.05) is 21.3 Å². The zero-order chi connectivity index (χ0) is 32.2. The van der Waals surface area contributed by atoms with Crippen LogP contribution in [0.2, 0.25) is 0 Å². The number of nitrogens with one attached hydrogen (secondary N) is 1. The summed E-state index contributed by atoms with van der Waals surface area (Å²) in [4.78, 5) is 27.6. The molecule has 0 saturated carbocycles. The maximum atomic E-state index is 12.3. The Morgan fingerprint density at radius 2 is 1.64 bits per heavy atom. The lowest BCUT2D eigenvalue weighted by Crippen LogP contribution is -2.16. The molecule has 5 aliphatic heterocycles. The van der Waals surface area contributed by atoms with E-state index in [0.717, 1.165) is 91.1 Å². The summed E-state index contributed by atoms with van der Waals surface area (Å²) in [5.74, 6) is 0.147. The van der Waals surface area contributed by atoms with Crippen LogP contribution in [0.5, 0.6) is 0 Å². The molecule has 45 heavy (non-hydrogen) atoms. The summed E-state index contributed by atoms with van der Waals surface area (Å²) in [5, 5.41) is 15.0. The van der Waals surface area contributed by atoms with Gasteiger partial charge < -0.3 is 24.6 Å². The molecule has 0 aromatic carbocycles. The third-order valence-corrected chi connectivity index (χ3v) is 9.97. The maximum Gasteiger partial charge on any atom is 0.305 e. The van der Waals surface area contributed by atoms with Crippen LogP contribution in [0.1, 0.15) is 66.7 Å². The number of fused-ring (bicyclic) bond motifs is 5. The Kier molecular flexibility index (Phi) is 8.26. The summed E-state index contributed by atoms with van der Waals surface area (Å²) in [7, 11) is 4.72. The molecule has 1 fully saturated rings. The summed E-state index contributed by atoms with van der Waals surface area (Å²) in [5.41, 5.74) is 14.2. The van der Waals surface area contributed by atoms with Gasteiger partial charge in [0.2, 0.25) is 0 Å². The highest BCUT2D eigenvalue weighted by Gasteiger charge is 2.41. The zero-order valence-corrected chi connectivity index (χ0v) is 27.4. The molecule has 0 spiro atoms. The molecule has 6 rings (SSSR count). The lowest BCUT2D eigenvalue weighted by molar-refractivity contribution is -0.140. The Hall–Kier alpha value is -4.08. The first-order valence-corrected chi connectivity index (χ1v) is 15.7. The van der Waals surface area contributed by atoms with E-state index in [2.05, 4.69) is 45.2 Å². The van der Waals surface area contributed by atoms with E-state index in [9.17, 15) is 9.90 Å². The Labute approximate surface area is 264 Å². The minimum atomic E-state index is -0.415. The highest BCUT2D eigenvalue weighted by atomic mass is 16.7. The molecule has 0 aromatic heterocycles. The molecule has 1 aliphatic carbocycles. The number of hydrogen-bond donors (Lipinski definition) is 2. The van der Waals surface area contributed by atoms with Crippen LogP contribution in [0.15, 0.2) is 106 Å². The molecule has 1 saturated heterocycles. The summed E-state index contributed by atoms with van der Waals surface area (Å²) in [6.45, 7) is 10.5. The minimum Gasteiger partial charge on any atom is -0.511 e. The molecule has 5 heterocycles. The summed E-state index contributed by atoms with van der Waals surface area (Å²) < 4.78 is 16.2. The molecule has 0 radical (unpaired) electrons. The van der Waals surface area contributed by atoms with Crippen molar-refractivity contribution in [2.45, 2.75) is 73.0 Å². The summed E-state index contributed by atoms with van der Waals surface area (Å²) >= 11 is 0. The number of nitrogens with zero attached hydrogens (tertiary/aromatic N) is 3. The fourth-order valence-corrected chi connectivity index (χ4v) is 7.22. The van der Waals surface area contributed by atoms with Crippen molar-refractivity contribution in [1.82, 2.24) is 5.32 Å². The standard InChI is InChI=1S/C36H42N4O5/c1-9-21-17(2)26-15-30-23(13-33(44-7)45-8)19(4)25(38-30)14-27-18(3)22(10-11-32(42)43-6)35(39-27)24-12-31(41)34-20(5)28(40-36(24)34)16-29(21)37-26/h14-16,18,22,33,39,41H,9-13H2,1-8H3/t18-,22-/m0/s1. The number of allylic oxidation sites excluding steroid dienone is 12. The minimum absolute atomic E-state index is 0.00424. The average Bonchev–Trinajstić information content (AvgIpc) is 3.77. The van der Waals surface area contributed by atoms with Gasteiger partial charge in [-0.05, 0) is 79.7 Å². The van der Waals surface area contributed by atoms with Gasteiger partial charge in [0, 0.05) is 67.9 Å². The molecule has 0 aromatic rings. The van der Waals surface area contributed by atoms with Crippen molar-refractivity contribution in [2.24, 2.45) is 26.8 Å². The van der Waals surface area contributed by atoms with Crippen molar-refractivity contribution in [3.05, 3.63) is 91.5 Å². The second kappa shape index (κ2) is 12.0. The average molecular weight is 611 g/mol. The van der Waals surface area contributed by atoms with Crippen molar-refractivity contribution in [1.29, 1.82) is 0 Å². The number of esters is 1. The van der Waals surface area contributed by atoms with Crippen molar-refractivity contribution < 1.29 is 24.1 Å². The molecule has 0 amide bonds. The largest absolute Gasteiger partial charge is 0.511 e. The first kappa shape index (κ1) is 30.9.